The molecule has 0 saturated carbocycles. The fourth-order valence-electron chi connectivity index (χ4n) is 3.45. The van der Waals surface area contributed by atoms with E-state index in [-0.39, 0.29) is 18.3 Å². The van der Waals surface area contributed by atoms with E-state index in [1.165, 1.54) is 12.8 Å². The minimum Gasteiger partial charge on any atom is -0.492 e. The van der Waals surface area contributed by atoms with Gasteiger partial charge in [-0.25, -0.2) is 0 Å². The first-order valence-electron chi connectivity index (χ1n) is 8.13. The van der Waals surface area contributed by atoms with E-state index >= 15 is 0 Å². The average molecular weight is 359 g/mol. The van der Waals surface area contributed by atoms with Gasteiger partial charge in [-0.1, -0.05) is 23.7 Å². The van der Waals surface area contributed by atoms with Gasteiger partial charge in [0.15, 0.2) is 0 Å². The van der Waals surface area contributed by atoms with Crippen molar-refractivity contribution in [1.82, 2.24) is 10.6 Å². The minimum absolute atomic E-state index is 0. The van der Waals surface area contributed by atoms with E-state index in [4.69, 9.17) is 16.3 Å². The molecule has 1 aromatic carbocycles. The van der Waals surface area contributed by atoms with E-state index in [2.05, 4.69) is 10.6 Å². The number of carbonyl (C=O) groups is 1. The Bertz CT molecular complexity index is 515. The smallest absolute Gasteiger partial charge is 0.220 e. The molecular formula is C17H24Cl2N2O2. The molecule has 2 atom stereocenters. The third kappa shape index (κ3) is 5.27. The van der Waals surface area contributed by atoms with Crippen LogP contribution in [0.2, 0.25) is 5.02 Å². The van der Waals surface area contributed by atoms with E-state index in [0.29, 0.717) is 48.3 Å². The van der Waals surface area contributed by atoms with Crippen molar-refractivity contribution in [2.45, 2.75) is 56.7 Å². The van der Waals surface area contributed by atoms with Crippen LogP contribution in [0.5, 0.6) is 5.75 Å². The van der Waals surface area contributed by atoms with Crippen LogP contribution >= 0.6 is 24.0 Å². The first-order valence-corrected chi connectivity index (χ1v) is 8.51. The number of piperidine rings is 1. The quantitative estimate of drug-likeness (QED) is 0.766. The molecule has 0 spiro atoms. The first-order chi connectivity index (χ1) is 10.7. The lowest BCUT2D eigenvalue weighted by atomic mass is 9.99. The topological polar surface area (TPSA) is 50.4 Å². The number of hydrogen-bond donors (Lipinski definition) is 2. The van der Waals surface area contributed by atoms with E-state index in [1.54, 1.807) is 6.07 Å². The number of ether oxygens (including phenoxy) is 1. The molecule has 2 saturated heterocycles. The van der Waals surface area contributed by atoms with Gasteiger partial charge in [-0.2, -0.15) is 0 Å². The van der Waals surface area contributed by atoms with Crippen molar-refractivity contribution in [1.29, 1.82) is 0 Å². The largest absolute Gasteiger partial charge is 0.492 e. The molecule has 4 nitrogen and oxygen atoms in total. The Hall–Kier alpha value is -0.970. The van der Waals surface area contributed by atoms with Crippen molar-refractivity contribution in [3.05, 3.63) is 29.3 Å². The Morgan fingerprint density at radius 1 is 1.26 bits per heavy atom. The Kier molecular flexibility index (Phi) is 7.00. The number of benzene rings is 1. The van der Waals surface area contributed by atoms with Gasteiger partial charge < -0.3 is 15.4 Å². The highest BCUT2D eigenvalue weighted by atomic mass is 35.5. The molecule has 6 heteroatoms. The van der Waals surface area contributed by atoms with Crippen molar-refractivity contribution in [2.75, 3.05) is 6.61 Å². The van der Waals surface area contributed by atoms with Gasteiger partial charge in [-0.05, 0) is 44.2 Å². The Balaban J connectivity index is 0.00000192. The van der Waals surface area contributed by atoms with Crippen molar-refractivity contribution in [2.24, 2.45) is 0 Å². The Morgan fingerprint density at radius 3 is 2.65 bits per heavy atom. The fraction of sp³-hybridized carbons (Fsp3) is 0.588. The van der Waals surface area contributed by atoms with E-state index in [1.807, 2.05) is 18.2 Å². The second kappa shape index (κ2) is 8.76. The number of nitrogens with one attached hydrogen (secondary N) is 2. The summed E-state index contributed by atoms with van der Waals surface area (Å²) in [6, 6.07) is 8.95. The standard InChI is InChI=1S/C17H23ClN2O2.ClH/c18-15-4-1-2-5-16(15)22-9-3-6-17(21)20-14-10-12-7-8-13(11-14)19-12;/h1-2,4-5,12-14,19H,3,6-11H2,(H,20,21);1H. The van der Waals surface area contributed by atoms with Gasteiger partial charge in [0.1, 0.15) is 5.75 Å². The molecule has 3 rings (SSSR count). The zero-order valence-electron chi connectivity index (χ0n) is 13.1. The van der Waals surface area contributed by atoms with Gasteiger partial charge in [-0.15, -0.1) is 12.4 Å². The molecule has 2 heterocycles. The first kappa shape index (κ1) is 18.4. The van der Waals surface area contributed by atoms with Crippen LogP contribution in [0, 0.1) is 0 Å². The maximum absolute atomic E-state index is 12.0. The van der Waals surface area contributed by atoms with Gasteiger partial charge in [-0.3, -0.25) is 4.79 Å². The molecule has 2 fully saturated rings. The SMILES string of the molecule is Cl.O=C(CCCOc1ccccc1Cl)NC1CC2CCC(C1)N2. The summed E-state index contributed by atoms with van der Waals surface area (Å²) in [5.41, 5.74) is 0. The fourth-order valence-corrected chi connectivity index (χ4v) is 3.64. The predicted octanol–water partition coefficient (Wildman–Crippen LogP) is 3.32. The zero-order chi connectivity index (χ0) is 15.4. The normalized spacial score (nSPS) is 25.5. The van der Waals surface area contributed by atoms with Crippen LogP contribution < -0.4 is 15.4 Å². The number of fused-ring (bicyclic) bond motifs is 2. The highest BCUT2D eigenvalue weighted by Gasteiger charge is 2.33. The lowest BCUT2D eigenvalue weighted by molar-refractivity contribution is -0.122. The summed E-state index contributed by atoms with van der Waals surface area (Å²) in [6.45, 7) is 0.509. The molecule has 2 N–H and O–H groups in total. The molecule has 1 amide bonds. The lowest BCUT2D eigenvalue weighted by Gasteiger charge is -2.29. The maximum Gasteiger partial charge on any atom is 0.220 e. The number of para-hydroxylation sites is 1. The monoisotopic (exact) mass is 358 g/mol. The number of hydrogen-bond acceptors (Lipinski definition) is 3. The summed E-state index contributed by atoms with van der Waals surface area (Å²) in [4.78, 5) is 12.0. The predicted molar refractivity (Wildman–Crippen MR) is 94.5 cm³/mol. The number of rotatable bonds is 6. The van der Waals surface area contributed by atoms with Crippen LogP contribution in [0.1, 0.15) is 38.5 Å². The van der Waals surface area contributed by atoms with Crippen LogP contribution in [-0.4, -0.2) is 30.6 Å². The number of halogens is 2. The summed E-state index contributed by atoms with van der Waals surface area (Å²) < 4.78 is 5.60. The van der Waals surface area contributed by atoms with E-state index < -0.39 is 0 Å². The van der Waals surface area contributed by atoms with Crippen molar-refractivity contribution < 1.29 is 9.53 Å². The summed E-state index contributed by atoms with van der Waals surface area (Å²) in [7, 11) is 0. The van der Waals surface area contributed by atoms with Gasteiger partial charge >= 0.3 is 0 Å². The van der Waals surface area contributed by atoms with Crippen LogP contribution in [0.3, 0.4) is 0 Å². The second-order valence-corrected chi connectivity index (χ2v) is 6.66. The van der Waals surface area contributed by atoms with Crippen LogP contribution in [-0.2, 0) is 4.79 Å². The summed E-state index contributed by atoms with van der Waals surface area (Å²) in [5, 5.41) is 7.36. The third-order valence-electron chi connectivity index (χ3n) is 4.48. The molecule has 2 aliphatic rings. The Morgan fingerprint density at radius 2 is 1.96 bits per heavy atom. The molecule has 2 bridgehead atoms. The lowest BCUT2D eigenvalue weighted by Crippen LogP contribution is -2.48. The number of amides is 1. The average Bonchev–Trinajstić information content (AvgIpc) is 2.84. The van der Waals surface area contributed by atoms with Gasteiger partial charge in [0.2, 0.25) is 5.91 Å². The molecule has 128 valence electrons. The van der Waals surface area contributed by atoms with Crippen molar-refractivity contribution in [3.63, 3.8) is 0 Å². The molecular weight excluding hydrogens is 335 g/mol. The summed E-state index contributed by atoms with van der Waals surface area (Å²) in [6.07, 6.45) is 5.85. The van der Waals surface area contributed by atoms with Crippen molar-refractivity contribution in [3.8, 4) is 5.75 Å². The van der Waals surface area contributed by atoms with E-state index in [9.17, 15) is 4.79 Å². The molecule has 2 unspecified atom stereocenters. The zero-order valence-corrected chi connectivity index (χ0v) is 14.7. The van der Waals surface area contributed by atoms with Gasteiger partial charge in [0.05, 0.1) is 11.6 Å². The Labute approximate surface area is 148 Å². The number of carbonyl (C=O) groups excluding carboxylic acids is 1. The molecule has 0 aliphatic carbocycles. The maximum atomic E-state index is 12.0. The summed E-state index contributed by atoms with van der Waals surface area (Å²) >= 11 is 6.02. The second-order valence-electron chi connectivity index (χ2n) is 6.26. The molecule has 1 aromatic rings. The van der Waals surface area contributed by atoms with Gasteiger partial charge in [0.25, 0.3) is 0 Å². The molecule has 23 heavy (non-hydrogen) atoms. The third-order valence-corrected chi connectivity index (χ3v) is 4.79. The van der Waals surface area contributed by atoms with Gasteiger partial charge in [0, 0.05) is 24.5 Å². The molecule has 0 aromatic heterocycles. The van der Waals surface area contributed by atoms with Crippen molar-refractivity contribution >= 4 is 29.9 Å². The van der Waals surface area contributed by atoms with E-state index in [0.717, 1.165) is 12.8 Å². The minimum atomic E-state index is 0. The van der Waals surface area contributed by atoms with Crippen LogP contribution in [0.15, 0.2) is 24.3 Å². The highest BCUT2D eigenvalue weighted by Crippen LogP contribution is 2.27. The molecule has 0 radical (unpaired) electrons. The van der Waals surface area contributed by atoms with Crippen LogP contribution in [0.4, 0.5) is 0 Å². The van der Waals surface area contributed by atoms with Crippen LogP contribution in [0.25, 0.3) is 0 Å². The highest BCUT2D eigenvalue weighted by molar-refractivity contribution is 6.32. The molecule has 2 aliphatic heterocycles. The summed E-state index contributed by atoms with van der Waals surface area (Å²) in [5.74, 6) is 0.813.